The van der Waals surface area contributed by atoms with Gasteiger partial charge in [-0.3, -0.25) is 4.79 Å². The molecular weight excluding hydrogens is 252 g/mol. The first-order chi connectivity index (χ1) is 9.70. The molecule has 2 aliphatic rings. The normalized spacial score (nSPS) is 28.7. The minimum atomic E-state index is 0.141. The van der Waals surface area contributed by atoms with Gasteiger partial charge in [-0.2, -0.15) is 0 Å². The van der Waals surface area contributed by atoms with Gasteiger partial charge in [-0.05, 0) is 51.4 Å². The van der Waals surface area contributed by atoms with E-state index in [1.54, 1.807) is 0 Å². The Morgan fingerprint density at radius 2 is 2.05 bits per heavy atom. The third-order valence-electron chi connectivity index (χ3n) is 4.88. The monoisotopic (exact) mass is 282 g/mol. The van der Waals surface area contributed by atoms with Crippen molar-refractivity contribution >= 4 is 5.91 Å². The van der Waals surface area contributed by atoms with Crippen LogP contribution in [0, 0.1) is 11.8 Å². The predicted molar refractivity (Wildman–Crippen MR) is 80.3 cm³/mol. The van der Waals surface area contributed by atoms with Gasteiger partial charge < -0.3 is 15.8 Å². The molecule has 0 aromatic rings. The van der Waals surface area contributed by atoms with E-state index in [9.17, 15) is 4.79 Å². The van der Waals surface area contributed by atoms with Gasteiger partial charge in [0.25, 0.3) is 0 Å². The minimum Gasteiger partial charge on any atom is -0.378 e. The fourth-order valence-corrected chi connectivity index (χ4v) is 3.73. The average Bonchev–Trinajstić information content (AvgIpc) is 3.08. The van der Waals surface area contributed by atoms with Crippen molar-refractivity contribution in [2.75, 3.05) is 13.2 Å². The van der Waals surface area contributed by atoms with Gasteiger partial charge in [-0.25, -0.2) is 0 Å². The van der Waals surface area contributed by atoms with Crippen molar-refractivity contribution in [3.63, 3.8) is 0 Å². The third kappa shape index (κ3) is 4.45. The van der Waals surface area contributed by atoms with Gasteiger partial charge in [0, 0.05) is 25.1 Å². The summed E-state index contributed by atoms with van der Waals surface area (Å²) in [5.74, 6) is 1.04. The number of ether oxygens (including phenoxy) is 1. The summed E-state index contributed by atoms with van der Waals surface area (Å²) >= 11 is 0. The Bertz CT molecular complexity index is 303. The lowest BCUT2D eigenvalue weighted by atomic mass is 9.98. The number of amides is 1. The molecule has 2 saturated carbocycles. The molecule has 4 heteroatoms. The molecule has 0 saturated heterocycles. The maximum Gasteiger partial charge on any atom is 0.223 e. The topological polar surface area (TPSA) is 64.3 Å². The number of hydrogen-bond acceptors (Lipinski definition) is 3. The summed E-state index contributed by atoms with van der Waals surface area (Å²) in [5.41, 5.74) is 5.86. The Labute approximate surface area is 122 Å². The highest BCUT2D eigenvalue weighted by molar-refractivity contribution is 5.78. The molecule has 3 unspecified atom stereocenters. The summed E-state index contributed by atoms with van der Waals surface area (Å²) in [6.45, 7) is 3.57. The van der Waals surface area contributed by atoms with E-state index in [1.807, 2.05) is 0 Å². The first-order valence-corrected chi connectivity index (χ1v) is 8.35. The molecule has 0 heterocycles. The molecule has 116 valence electrons. The number of carbonyl (C=O) groups is 1. The lowest BCUT2D eigenvalue weighted by Gasteiger charge is -2.23. The Balaban J connectivity index is 1.68. The van der Waals surface area contributed by atoms with Gasteiger partial charge in [0.15, 0.2) is 0 Å². The summed E-state index contributed by atoms with van der Waals surface area (Å²) in [6.07, 6.45) is 9.31. The predicted octanol–water partition coefficient (Wildman–Crippen LogP) is 2.22. The second kappa shape index (κ2) is 7.99. The van der Waals surface area contributed by atoms with E-state index < -0.39 is 0 Å². The van der Waals surface area contributed by atoms with E-state index in [1.165, 1.54) is 25.7 Å². The molecule has 2 fully saturated rings. The lowest BCUT2D eigenvalue weighted by Crippen LogP contribution is -2.34. The minimum absolute atomic E-state index is 0.141. The van der Waals surface area contributed by atoms with Crippen molar-refractivity contribution in [2.45, 2.75) is 70.4 Å². The molecule has 20 heavy (non-hydrogen) atoms. The molecular formula is C16H30N2O2. The number of hydrogen-bond donors (Lipinski definition) is 2. The lowest BCUT2D eigenvalue weighted by molar-refractivity contribution is -0.125. The average molecular weight is 282 g/mol. The molecule has 0 aromatic heterocycles. The van der Waals surface area contributed by atoms with Crippen LogP contribution in [0.1, 0.15) is 58.3 Å². The van der Waals surface area contributed by atoms with Crippen LogP contribution >= 0.6 is 0 Å². The number of nitrogens with one attached hydrogen (secondary N) is 1. The third-order valence-corrected chi connectivity index (χ3v) is 4.88. The van der Waals surface area contributed by atoms with Crippen molar-refractivity contribution in [2.24, 2.45) is 17.6 Å². The Morgan fingerprint density at radius 3 is 2.65 bits per heavy atom. The maximum absolute atomic E-state index is 12.0. The molecule has 0 aromatic carbocycles. The number of nitrogens with two attached hydrogens (primary N) is 1. The van der Waals surface area contributed by atoms with Crippen LogP contribution < -0.4 is 11.1 Å². The standard InChI is InChI=1S/C16H30N2O2/c1-2-20-15(12-5-3-4-6-12)9-10-18-16(19)13-7-8-14(17)11-13/h12-15H,2-11,17H2,1H3,(H,18,19). The van der Waals surface area contributed by atoms with Gasteiger partial charge in [-0.1, -0.05) is 12.8 Å². The van der Waals surface area contributed by atoms with Crippen LogP contribution in [0.25, 0.3) is 0 Å². The zero-order valence-electron chi connectivity index (χ0n) is 12.8. The SMILES string of the molecule is CCOC(CCNC(=O)C1CCC(N)C1)C1CCCC1. The summed E-state index contributed by atoms with van der Waals surface area (Å²) in [4.78, 5) is 12.0. The molecule has 4 nitrogen and oxygen atoms in total. The first-order valence-electron chi connectivity index (χ1n) is 8.35. The highest BCUT2D eigenvalue weighted by Gasteiger charge is 2.28. The second-order valence-corrected chi connectivity index (χ2v) is 6.39. The van der Waals surface area contributed by atoms with Crippen molar-refractivity contribution in [3.05, 3.63) is 0 Å². The van der Waals surface area contributed by atoms with Crippen LogP contribution in [0.3, 0.4) is 0 Å². The van der Waals surface area contributed by atoms with Gasteiger partial charge in [0.2, 0.25) is 5.91 Å². The van der Waals surface area contributed by atoms with E-state index >= 15 is 0 Å². The van der Waals surface area contributed by atoms with E-state index in [2.05, 4.69) is 12.2 Å². The Hall–Kier alpha value is -0.610. The molecule has 3 N–H and O–H groups in total. The zero-order chi connectivity index (χ0) is 14.4. The molecule has 1 amide bonds. The number of rotatable bonds is 7. The van der Waals surface area contributed by atoms with Gasteiger partial charge >= 0.3 is 0 Å². The summed E-state index contributed by atoms with van der Waals surface area (Å²) < 4.78 is 5.88. The summed E-state index contributed by atoms with van der Waals surface area (Å²) in [5, 5.41) is 3.08. The van der Waals surface area contributed by atoms with Crippen LogP contribution in [-0.2, 0) is 9.53 Å². The summed E-state index contributed by atoms with van der Waals surface area (Å²) in [6, 6.07) is 0.223. The van der Waals surface area contributed by atoms with Crippen molar-refractivity contribution in [1.82, 2.24) is 5.32 Å². The zero-order valence-corrected chi connectivity index (χ0v) is 12.8. The molecule has 3 atom stereocenters. The van der Waals surface area contributed by atoms with Gasteiger partial charge in [0.05, 0.1) is 6.10 Å². The fourth-order valence-electron chi connectivity index (χ4n) is 3.73. The van der Waals surface area contributed by atoms with Crippen LogP contribution in [0.15, 0.2) is 0 Å². The van der Waals surface area contributed by atoms with Crippen LogP contribution in [0.5, 0.6) is 0 Å². The quantitative estimate of drug-likeness (QED) is 0.752. The van der Waals surface area contributed by atoms with Crippen LogP contribution in [0.4, 0.5) is 0 Å². The molecule has 0 spiro atoms. The van der Waals surface area contributed by atoms with Crippen molar-refractivity contribution in [1.29, 1.82) is 0 Å². The Morgan fingerprint density at radius 1 is 1.30 bits per heavy atom. The Kier molecular flexibility index (Phi) is 6.30. The van der Waals surface area contributed by atoms with Gasteiger partial charge in [0.1, 0.15) is 0 Å². The largest absolute Gasteiger partial charge is 0.378 e. The fraction of sp³-hybridized carbons (Fsp3) is 0.938. The van der Waals surface area contributed by atoms with E-state index in [4.69, 9.17) is 10.5 Å². The van der Waals surface area contributed by atoms with E-state index in [0.717, 1.165) is 38.8 Å². The molecule has 0 bridgehead atoms. The molecule has 2 rings (SSSR count). The van der Waals surface area contributed by atoms with Crippen molar-refractivity contribution in [3.8, 4) is 0 Å². The van der Waals surface area contributed by atoms with Gasteiger partial charge in [-0.15, -0.1) is 0 Å². The smallest absolute Gasteiger partial charge is 0.223 e. The second-order valence-electron chi connectivity index (χ2n) is 6.39. The van der Waals surface area contributed by atoms with Crippen molar-refractivity contribution < 1.29 is 9.53 Å². The van der Waals surface area contributed by atoms with E-state index in [-0.39, 0.29) is 17.9 Å². The molecule has 2 aliphatic carbocycles. The summed E-state index contributed by atoms with van der Waals surface area (Å²) in [7, 11) is 0. The van der Waals surface area contributed by atoms with Crippen LogP contribution in [-0.4, -0.2) is 31.2 Å². The maximum atomic E-state index is 12.0. The highest BCUT2D eigenvalue weighted by Crippen LogP contribution is 2.30. The van der Waals surface area contributed by atoms with E-state index in [0.29, 0.717) is 12.0 Å². The molecule has 0 radical (unpaired) electrons. The number of carbonyl (C=O) groups excluding carboxylic acids is 1. The highest BCUT2D eigenvalue weighted by atomic mass is 16.5. The molecule has 0 aliphatic heterocycles. The first kappa shape index (κ1) is 15.8. The van der Waals surface area contributed by atoms with Crippen LogP contribution in [0.2, 0.25) is 0 Å².